The molecule has 0 unspecified atom stereocenters. The molecular formula is C18H27NS. The van der Waals surface area contributed by atoms with Gasteiger partial charge in [-0.2, -0.15) is 11.8 Å². The van der Waals surface area contributed by atoms with Gasteiger partial charge in [-0.25, -0.2) is 0 Å². The summed E-state index contributed by atoms with van der Waals surface area (Å²) in [6.45, 7) is 0.812. The molecule has 1 aromatic rings. The molecule has 0 radical (unpaired) electrons. The first-order chi connectivity index (χ1) is 9.84. The fourth-order valence-corrected chi connectivity index (χ4v) is 5.09. The van der Waals surface area contributed by atoms with E-state index in [1.54, 1.807) is 5.56 Å². The smallest absolute Gasteiger partial charge is 0.00755 e. The van der Waals surface area contributed by atoms with Crippen molar-refractivity contribution in [2.24, 2.45) is 5.73 Å². The first kappa shape index (κ1) is 14.5. The van der Waals surface area contributed by atoms with E-state index in [9.17, 15) is 0 Å². The molecule has 2 heteroatoms. The Kier molecular flexibility index (Phi) is 4.72. The Morgan fingerprint density at radius 2 is 1.65 bits per heavy atom. The minimum atomic E-state index is 0.277. The van der Waals surface area contributed by atoms with E-state index >= 15 is 0 Å². The van der Waals surface area contributed by atoms with Crippen molar-refractivity contribution in [3.8, 4) is 0 Å². The van der Waals surface area contributed by atoms with Crippen molar-refractivity contribution in [1.29, 1.82) is 0 Å². The molecule has 1 saturated carbocycles. The summed E-state index contributed by atoms with van der Waals surface area (Å²) in [6.07, 6.45) is 9.35. The monoisotopic (exact) mass is 289 g/mol. The lowest BCUT2D eigenvalue weighted by molar-refractivity contribution is 0.301. The Morgan fingerprint density at radius 3 is 2.25 bits per heavy atom. The zero-order valence-electron chi connectivity index (χ0n) is 12.4. The molecule has 0 spiro atoms. The molecule has 2 aliphatic rings. The number of hydrogen-bond donors (Lipinski definition) is 1. The third kappa shape index (κ3) is 2.92. The summed E-state index contributed by atoms with van der Waals surface area (Å²) in [6, 6.07) is 9.55. The summed E-state index contributed by atoms with van der Waals surface area (Å²) in [5, 5.41) is 0. The summed E-state index contributed by atoms with van der Waals surface area (Å²) in [5.74, 6) is 3.46. The summed E-state index contributed by atoms with van der Waals surface area (Å²) in [5.41, 5.74) is 9.47. The van der Waals surface area contributed by atoms with Crippen LogP contribution >= 0.6 is 11.8 Å². The van der Waals surface area contributed by atoms with Gasteiger partial charge in [0.25, 0.3) is 0 Å². The number of thioether (sulfide) groups is 1. The van der Waals surface area contributed by atoms with Gasteiger partial charge in [-0.3, -0.25) is 0 Å². The van der Waals surface area contributed by atoms with Gasteiger partial charge in [0.1, 0.15) is 0 Å². The zero-order chi connectivity index (χ0) is 13.8. The van der Waals surface area contributed by atoms with Gasteiger partial charge < -0.3 is 5.73 Å². The molecular weight excluding hydrogens is 262 g/mol. The van der Waals surface area contributed by atoms with Gasteiger partial charge in [-0.15, -0.1) is 0 Å². The van der Waals surface area contributed by atoms with Gasteiger partial charge in [0, 0.05) is 12.0 Å². The lowest BCUT2D eigenvalue weighted by Gasteiger charge is -2.37. The van der Waals surface area contributed by atoms with Crippen LogP contribution in [-0.4, -0.2) is 18.1 Å². The molecule has 20 heavy (non-hydrogen) atoms. The highest BCUT2D eigenvalue weighted by molar-refractivity contribution is 7.99. The van der Waals surface area contributed by atoms with E-state index in [1.165, 1.54) is 62.0 Å². The van der Waals surface area contributed by atoms with Crippen molar-refractivity contribution in [3.63, 3.8) is 0 Å². The van der Waals surface area contributed by atoms with Crippen molar-refractivity contribution in [2.45, 2.75) is 56.3 Å². The van der Waals surface area contributed by atoms with E-state index in [-0.39, 0.29) is 5.41 Å². The van der Waals surface area contributed by atoms with E-state index in [0.29, 0.717) is 0 Å². The number of rotatable bonds is 3. The fraction of sp³-hybridized carbons (Fsp3) is 0.667. The lowest BCUT2D eigenvalue weighted by Crippen LogP contribution is -2.37. The van der Waals surface area contributed by atoms with Crippen LogP contribution in [0.2, 0.25) is 0 Å². The lowest BCUT2D eigenvalue weighted by atomic mass is 9.69. The highest BCUT2D eigenvalue weighted by Gasteiger charge is 2.32. The van der Waals surface area contributed by atoms with Gasteiger partial charge in [0.15, 0.2) is 0 Å². The van der Waals surface area contributed by atoms with E-state index < -0.39 is 0 Å². The van der Waals surface area contributed by atoms with Gasteiger partial charge >= 0.3 is 0 Å². The molecule has 1 nitrogen and oxygen atoms in total. The van der Waals surface area contributed by atoms with E-state index in [2.05, 4.69) is 36.0 Å². The minimum absolute atomic E-state index is 0.277. The standard InChI is InChI=1S/C18H27NS/c19-14-18(10-2-1-3-11-18)17-6-4-15(5-7-17)16-8-12-20-13-9-16/h4-7,16H,1-3,8-14,19H2. The predicted octanol–water partition coefficient (Wildman–Crippen LogP) is 4.46. The second-order valence-corrected chi connectivity index (χ2v) is 7.78. The molecule has 2 fully saturated rings. The normalized spacial score (nSPS) is 23.6. The number of nitrogens with two attached hydrogens (primary N) is 1. The number of hydrogen-bond acceptors (Lipinski definition) is 2. The molecule has 3 rings (SSSR count). The summed E-state index contributed by atoms with van der Waals surface area (Å²) in [7, 11) is 0. The fourth-order valence-electron chi connectivity index (χ4n) is 3.98. The maximum Gasteiger partial charge on any atom is 0.00755 e. The first-order valence-corrected chi connectivity index (χ1v) is 9.38. The Morgan fingerprint density at radius 1 is 1.00 bits per heavy atom. The maximum atomic E-state index is 6.15. The minimum Gasteiger partial charge on any atom is -0.330 e. The molecule has 0 amide bonds. The third-order valence-electron chi connectivity index (χ3n) is 5.42. The Labute approximate surface area is 127 Å². The molecule has 110 valence electrons. The quantitative estimate of drug-likeness (QED) is 0.889. The van der Waals surface area contributed by atoms with E-state index in [1.807, 2.05) is 0 Å². The molecule has 1 aliphatic carbocycles. The van der Waals surface area contributed by atoms with Crippen LogP contribution in [0.25, 0.3) is 0 Å². The zero-order valence-corrected chi connectivity index (χ0v) is 13.3. The molecule has 1 aromatic carbocycles. The van der Waals surface area contributed by atoms with Crippen LogP contribution in [0.1, 0.15) is 62.0 Å². The molecule has 0 aromatic heterocycles. The SMILES string of the molecule is NCC1(c2ccc(C3CCSCC3)cc2)CCCCC1. The molecule has 0 atom stereocenters. The average molecular weight is 289 g/mol. The Bertz CT molecular complexity index is 414. The van der Waals surface area contributed by atoms with Crippen LogP contribution in [-0.2, 0) is 5.41 Å². The molecule has 0 bridgehead atoms. The topological polar surface area (TPSA) is 26.0 Å². The summed E-state index contributed by atoms with van der Waals surface area (Å²) in [4.78, 5) is 0. The Hall–Kier alpha value is -0.470. The van der Waals surface area contributed by atoms with Gasteiger partial charge in [0.05, 0.1) is 0 Å². The average Bonchev–Trinajstić information content (AvgIpc) is 2.56. The van der Waals surface area contributed by atoms with Crippen LogP contribution in [0.3, 0.4) is 0 Å². The number of benzene rings is 1. The van der Waals surface area contributed by atoms with Crippen molar-refractivity contribution in [2.75, 3.05) is 18.1 Å². The van der Waals surface area contributed by atoms with Crippen LogP contribution in [0.15, 0.2) is 24.3 Å². The molecule has 1 heterocycles. The Balaban J connectivity index is 1.77. The second kappa shape index (κ2) is 6.53. The van der Waals surface area contributed by atoms with Crippen molar-refractivity contribution in [3.05, 3.63) is 35.4 Å². The van der Waals surface area contributed by atoms with Crippen LogP contribution < -0.4 is 5.73 Å². The van der Waals surface area contributed by atoms with Crippen LogP contribution in [0.5, 0.6) is 0 Å². The highest BCUT2D eigenvalue weighted by Crippen LogP contribution is 2.39. The van der Waals surface area contributed by atoms with Crippen molar-refractivity contribution < 1.29 is 0 Å². The van der Waals surface area contributed by atoms with Gasteiger partial charge in [-0.1, -0.05) is 43.5 Å². The van der Waals surface area contributed by atoms with Crippen LogP contribution in [0, 0.1) is 0 Å². The first-order valence-electron chi connectivity index (χ1n) is 8.22. The van der Waals surface area contributed by atoms with E-state index in [0.717, 1.165) is 12.5 Å². The van der Waals surface area contributed by atoms with Gasteiger partial charge in [0.2, 0.25) is 0 Å². The second-order valence-electron chi connectivity index (χ2n) is 6.55. The molecule has 2 N–H and O–H groups in total. The molecule has 1 saturated heterocycles. The van der Waals surface area contributed by atoms with E-state index in [4.69, 9.17) is 5.73 Å². The van der Waals surface area contributed by atoms with Crippen molar-refractivity contribution in [1.82, 2.24) is 0 Å². The summed E-state index contributed by atoms with van der Waals surface area (Å²) >= 11 is 2.11. The van der Waals surface area contributed by atoms with Crippen LogP contribution in [0.4, 0.5) is 0 Å². The van der Waals surface area contributed by atoms with Gasteiger partial charge in [-0.05, 0) is 54.2 Å². The highest BCUT2D eigenvalue weighted by atomic mass is 32.2. The third-order valence-corrected chi connectivity index (χ3v) is 6.47. The van der Waals surface area contributed by atoms with Crippen molar-refractivity contribution >= 4 is 11.8 Å². The summed E-state index contributed by atoms with van der Waals surface area (Å²) < 4.78 is 0. The maximum absolute atomic E-state index is 6.15. The molecule has 1 aliphatic heterocycles. The largest absolute Gasteiger partial charge is 0.330 e. The predicted molar refractivity (Wildman–Crippen MR) is 89.6 cm³/mol.